The molecule has 0 amide bonds. The second-order valence-corrected chi connectivity index (χ2v) is 7.80. The zero-order chi connectivity index (χ0) is 21.9. The van der Waals surface area contributed by atoms with E-state index < -0.39 is 18.3 Å². The zero-order valence-corrected chi connectivity index (χ0v) is 17.7. The van der Waals surface area contributed by atoms with Crippen LogP contribution in [-0.4, -0.2) is 7.12 Å². The summed E-state index contributed by atoms with van der Waals surface area (Å²) in [6, 6.07) is 41.3. The highest BCUT2D eigenvalue weighted by Gasteiger charge is 2.65. The summed E-state index contributed by atoms with van der Waals surface area (Å²) in [5, 5.41) is 0. The molecule has 1 saturated heterocycles. The predicted molar refractivity (Wildman–Crippen MR) is 129 cm³/mol. The molecular weight excluding hydrogens is 391 g/mol. The van der Waals surface area contributed by atoms with Crippen LogP contribution < -0.4 is 0 Å². The molecule has 0 N–H and O–H groups in total. The molecule has 0 aliphatic carbocycles. The lowest BCUT2D eigenvalue weighted by Crippen LogP contribution is -2.48. The topological polar surface area (TPSA) is 18.5 Å². The Hall–Kier alpha value is -3.62. The van der Waals surface area contributed by atoms with Crippen molar-refractivity contribution in [1.82, 2.24) is 0 Å². The molecule has 2 nitrogen and oxygen atoms in total. The van der Waals surface area contributed by atoms with Crippen LogP contribution in [-0.2, 0) is 20.5 Å². The molecule has 0 bridgehead atoms. The first-order chi connectivity index (χ1) is 15.8. The quantitative estimate of drug-likeness (QED) is 0.282. The van der Waals surface area contributed by atoms with E-state index >= 15 is 0 Å². The van der Waals surface area contributed by atoms with Crippen molar-refractivity contribution in [3.63, 3.8) is 0 Å². The Labute approximate surface area is 189 Å². The fraction of sp³-hybridized carbons (Fsp3) is 0.0690. The summed E-state index contributed by atoms with van der Waals surface area (Å²) in [5.74, 6) is 1.74. The Morgan fingerprint density at radius 3 is 1.06 bits per heavy atom. The van der Waals surface area contributed by atoms with Gasteiger partial charge in [0.2, 0.25) is 0 Å². The maximum Gasteiger partial charge on any atom is 0.496 e. The predicted octanol–water partition coefficient (Wildman–Crippen LogP) is 6.29. The van der Waals surface area contributed by atoms with Gasteiger partial charge in [-0.05, 0) is 28.2 Å². The Morgan fingerprint density at radius 1 is 0.531 bits per heavy atom. The first kappa shape index (κ1) is 20.3. The summed E-state index contributed by atoms with van der Waals surface area (Å²) in [6.07, 6.45) is 0. The second-order valence-electron chi connectivity index (χ2n) is 7.80. The Morgan fingerprint density at radius 2 is 0.812 bits per heavy atom. The van der Waals surface area contributed by atoms with Crippen LogP contribution in [0, 0.1) is 0 Å². The van der Waals surface area contributed by atoms with Crippen molar-refractivity contribution >= 4 is 7.12 Å². The Kier molecular flexibility index (Phi) is 5.39. The number of hydrogen-bond acceptors (Lipinski definition) is 2. The van der Waals surface area contributed by atoms with Gasteiger partial charge in [0.1, 0.15) is 11.2 Å². The van der Waals surface area contributed by atoms with E-state index in [-0.39, 0.29) is 0 Å². The van der Waals surface area contributed by atoms with E-state index in [9.17, 15) is 0 Å². The van der Waals surface area contributed by atoms with E-state index in [0.717, 1.165) is 22.3 Å². The molecule has 1 heterocycles. The van der Waals surface area contributed by atoms with Gasteiger partial charge in [-0.2, -0.15) is 0 Å². The number of hydrogen-bond donors (Lipinski definition) is 0. The molecule has 1 aliphatic heterocycles. The lowest BCUT2D eigenvalue weighted by atomic mass is 9.66. The number of rotatable bonds is 5. The van der Waals surface area contributed by atoms with Crippen molar-refractivity contribution in [3.8, 4) is 0 Å². The molecule has 4 aromatic rings. The van der Waals surface area contributed by atoms with Gasteiger partial charge >= 0.3 is 7.12 Å². The first-order valence-electron chi connectivity index (χ1n) is 10.7. The molecule has 1 fully saturated rings. The molecule has 0 radical (unpaired) electrons. The van der Waals surface area contributed by atoms with Gasteiger partial charge in [-0.3, -0.25) is 0 Å². The second kappa shape index (κ2) is 8.49. The SMILES string of the molecule is C=C=CB1OC(c2ccccc2)(c2ccccc2)C(c2ccccc2)(c2ccccc2)O1. The van der Waals surface area contributed by atoms with Crippen LogP contribution in [0.1, 0.15) is 22.3 Å². The third-order valence-electron chi connectivity index (χ3n) is 6.06. The van der Waals surface area contributed by atoms with E-state index in [1.807, 2.05) is 72.8 Å². The van der Waals surface area contributed by atoms with E-state index in [1.54, 1.807) is 5.98 Å². The van der Waals surface area contributed by atoms with Crippen LogP contribution in [0.4, 0.5) is 0 Å². The Balaban J connectivity index is 1.94. The molecular formula is C29H23BO2. The van der Waals surface area contributed by atoms with Crippen LogP contribution >= 0.6 is 0 Å². The third kappa shape index (κ3) is 3.07. The molecule has 32 heavy (non-hydrogen) atoms. The molecule has 0 spiro atoms. The number of benzene rings is 4. The van der Waals surface area contributed by atoms with Crippen molar-refractivity contribution < 1.29 is 9.31 Å². The first-order valence-corrected chi connectivity index (χ1v) is 10.7. The van der Waals surface area contributed by atoms with Crippen LogP contribution in [0.5, 0.6) is 0 Å². The summed E-state index contributed by atoms with van der Waals surface area (Å²) >= 11 is 0. The van der Waals surface area contributed by atoms with E-state index in [2.05, 4.69) is 60.8 Å². The summed E-state index contributed by atoms with van der Waals surface area (Å²) in [7, 11) is -0.631. The van der Waals surface area contributed by atoms with Crippen molar-refractivity contribution in [2.75, 3.05) is 0 Å². The summed E-state index contributed by atoms with van der Waals surface area (Å²) in [4.78, 5) is 0. The Bertz CT molecular complexity index is 1050. The van der Waals surface area contributed by atoms with Gasteiger partial charge in [0.25, 0.3) is 0 Å². The van der Waals surface area contributed by atoms with Crippen molar-refractivity contribution in [3.05, 3.63) is 162 Å². The molecule has 3 heteroatoms. The maximum atomic E-state index is 6.91. The van der Waals surface area contributed by atoms with Gasteiger partial charge in [0, 0.05) is 0 Å². The molecule has 5 rings (SSSR count). The average molecular weight is 414 g/mol. The lowest BCUT2D eigenvalue weighted by molar-refractivity contribution is 0.00370. The average Bonchev–Trinajstić information content (AvgIpc) is 3.23. The molecule has 4 aromatic carbocycles. The molecule has 0 aromatic heterocycles. The van der Waals surface area contributed by atoms with Crippen LogP contribution in [0.3, 0.4) is 0 Å². The molecule has 154 valence electrons. The summed E-state index contributed by atoms with van der Waals surface area (Å²) < 4.78 is 13.8. The molecule has 0 atom stereocenters. The fourth-order valence-corrected chi connectivity index (χ4v) is 4.81. The minimum Gasteiger partial charge on any atom is -0.390 e. The zero-order valence-electron chi connectivity index (χ0n) is 17.7. The fourth-order valence-electron chi connectivity index (χ4n) is 4.81. The van der Waals surface area contributed by atoms with Crippen LogP contribution in [0.15, 0.2) is 140 Å². The van der Waals surface area contributed by atoms with Crippen LogP contribution in [0.25, 0.3) is 0 Å². The monoisotopic (exact) mass is 414 g/mol. The summed E-state index contributed by atoms with van der Waals surface area (Å²) in [5.41, 5.74) is 5.02. The smallest absolute Gasteiger partial charge is 0.390 e. The van der Waals surface area contributed by atoms with E-state index in [4.69, 9.17) is 9.31 Å². The highest BCUT2D eigenvalue weighted by Crippen LogP contribution is 2.58. The van der Waals surface area contributed by atoms with Gasteiger partial charge in [0.15, 0.2) is 0 Å². The molecule has 1 aliphatic rings. The van der Waals surface area contributed by atoms with Crippen molar-refractivity contribution in [2.24, 2.45) is 0 Å². The van der Waals surface area contributed by atoms with Gasteiger partial charge < -0.3 is 9.31 Å². The minimum atomic E-state index is -0.948. The van der Waals surface area contributed by atoms with E-state index in [0.29, 0.717) is 0 Å². The van der Waals surface area contributed by atoms with Gasteiger partial charge in [-0.15, -0.1) is 5.73 Å². The highest BCUT2D eigenvalue weighted by atomic mass is 16.7. The minimum absolute atomic E-state index is 0.631. The van der Waals surface area contributed by atoms with Crippen LogP contribution in [0.2, 0.25) is 0 Å². The van der Waals surface area contributed by atoms with Crippen molar-refractivity contribution in [2.45, 2.75) is 11.2 Å². The summed E-state index contributed by atoms with van der Waals surface area (Å²) in [6.45, 7) is 3.77. The molecule has 0 saturated carbocycles. The third-order valence-corrected chi connectivity index (χ3v) is 6.06. The van der Waals surface area contributed by atoms with Crippen molar-refractivity contribution in [1.29, 1.82) is 0 Å². The van der Waals surface area contributed by atoms with Gasteiger partial charge in [0.05, 0.1) is 0 Å². The van der Waals surface area contributed by atoms with E-state index in [1.165, 1.54) is 0 Å². The molecule has 0 unspecified atom stereocenters. The maximum absolute atomic E-state index is 6.91. The largest absolute Gasteiger partial charge is 0.496 e. The van der Waals surface area contributed by atoms with Gasteiger partial charge in [-0.25, -0.2) is 0 Å². The standard InChI is InChI=1S/C29H23BO2/c1-2-23-30-31-28(24-15-7-3-8-16-24,25-17-9-4-10-18-25)29(32-30,26-19-11-5-12-20-26)27-21-13-6-14-22-27/h3-23H,1H2. The lowest BCUT2D eigenvalue weighted by Gasteiger charge is -2.46. The van der Waals surface area contributed by atoms with Gasteiger partial charge in [-0.1, -0.05) is 128 Å². The normalized spacial score (nSPS) is 16.3. The highest BCUT2D eigenvalue weighted by molar-refractivity contribution is 6.51.